The van der Waals surface area contributed by atoms with E-state index in [0.29, 0.717) is 13.1 Å². The second-order valence-corrected chi connectivity index (χ2v) is 4.65. The van der Waals surface area contributed by atoms with E-state index >= 15 is 0 Å². The van der Waals surface area contributed by atoms with Crippen molar-refractivity contribution in [1.29, 1.82) is 0 Å². The van der Waals surface area contributed by atoms with Crippen LogP contribution >= 0.6 is 0 Å². The minimum Gasteiger partial charge on any atom is -0.475 e. The number of fused-ring (bicyclic) bond motifs is 1. The van der Waals surface area contributed by atoms with Crippen molar-refractivity contribution in [2.75, 3.05) is 6.54 Å². The SMILES string of the molecule is CCn1c(=O)ccc2ccc(CCN)cc21.O=C(O)C(F)(F)F. The van der Waals surface area contributed by atoms with E-state index in [4.69, 9.17) is 15.6 Å². The molecule has 0 fully saturated rings. The molecule has 2 aromatic rings. The highest BCUT2D eigenvalue weighted by Crippen LogP contribution is 2.15. The summed E-state index contributed by atoms with van der Waals surface area (Å²) in [6, 6.07) is 9.67. The van der Waals surface area contributed by atoms with Gasteiger partial charge in [0.25, 0.3) is 5.56 Å². The summed E-state index contributed by atoms with van der Waals surface area (Å²) in [6.07, 6.45) is -4.23. The minimum atomic E-state index is -5.08. The van der Waals surface area contributed by atoms with Crippen molar-refractivity contribution in [1.82, 2.24) is 4.57 Å². The summed E-state index contributed by atoms with van der Waals surface area (Å²) < 4.78 is 33.5. The first-order chi connectivity index (χ1) is 10.7. The lowest BCUT2D eigenvalue weighted by Gasteiger charge is -2.08. The average molecular weight is 330 g/mol. The number of hydrogen-bond acceptors (Lipinski definition) is 3. The number of carboxylic acids is 1. The van der Waals surface area contributed by atoms with E-state index in [-0.39, 0.29) is 5.56 Å². The van der Waals surface area contributed by atoms with Crippen LogP contribution in [0.25, 0.3) is 10.9 Å². The van der Waals surface area contributed by atoms with Crippen LogP contribution in [0.15, 0.2) is 35.1 Å². The predicted molar refractivity (Wildman–Crippen MR) is 80.3 cm³/mol. The van der Waals surface area contributed by atoms with Crippen molar-refractivity contribution < 1.29 is 23.1 Å². The molecule has 0 radical (unpaired) electrons. The van der Waals surface area contributed by atoms with Gasteiger partial charge in [-0.2, -0.15) is 13.2 Å². The number of benzene rings is 1. The molecule has 2 rings (SSSR count). The lowest BCUT2D eigenvalue weighted by atomic mass is 10.1. The Morgan fingerprint density at radius 2 is 1.83 bits per heavy atom. The molecule has 126 valence electrons. The average Bonchev–Trinajstić information content (AvgIpc) is 2.47. The third kappa shape index (κ3) is 5.10. The zero-order chi connectivity index (χ0) is 17.6. The van der Waals surface area contributed by atoms with Crippen LogP contribution in [0.2, 0.25) is 0 Å². The van der Waals surface area contributed by atoms with Gasteiger partial charge >= 0.3 is 12.1 Å². The summed E-state index contributed by atoms with van der Waals surface area (Å²) in [5.74, 6) is -2.76. The smallest absolute Gasteiger partial charge is 0.475 e. The number of carbonyl (C=O) groups is 1. The quantitative estimate of drug-likeness (QED) is 0.903. The van der Waals surface area contributed by atoms with Gasteiger partial charge in [-0.05, 0) is 43.0 Å². The van der Waals surface area contributed by atoms with Crippen molar-refractivity contribution in [3.8, 4) is 0 Å². The van der Waals surface area contributed by atoms with E-state index in [2.05, 4.69) is 12.1 Å². The number of nitrogens with zero attached hydrogens (tertiary/aromatic N) is 1. The Kier molecular flexibility index (Phi) is 6.32. The molecule has 1 heterocycles. The molecule has 5 nitrogen and oxygen atoms in total. The molecule has 0 bridgehead atoms. The number of halogens is 3. The number of nitrogens with two attached hydrogens (primary N) is 1. The fourth-order valence-corrected chi connectivity index (χ4v) is 1.98. The summed E-state index contributed by atoms with van der Waals surface area (Å²) in [4.78, 5) is 20.6. The van der Waals surface area contributed by atoms with Crippen LogP contribution in [0.4, 0.5) is 13.2 Å². The van der Waals surface area contributed by atoms with Crippen molar-refractivity contribution >= 4 is 16.9 Å². The van der Waals surface area contributed by atoms with Crippen LogP contribution in [-0.2, 0) is 17.8 Å². The van der Waals surface area contributed by atoms with Gasteiger partial charge in [-0.3, -0.25) is 4.79 Å². The van der Waals surface area contributed by atoms with E-state index in [0.717, 1.165) is 17.3 Å². The Morgan fingerprint density at radius 1 is 1.26 bits per heavy atom. The first kappa shape index (κ1) is 18.7. The normalized spacial score (nSPS) is 11.0. The van der Waals surface area contributed by atoms with E-state index in [1.54, 1.807) is 10.6 Å². The van der Waals surface area contributed by atoms with Crippen molar-refractivity contribution in [2.24, 2.45) is 5.73 Å². The fraction of sp³-hybridized carbons (Fsp3) is 0.333. The second kappa shape index (κ2) is 7.77. The highest BCUT2D eigenvalue weighted by atomic mass is 19.4. The molecular weight excluding hydrogens is 313 g/mol. The Balaban J connectivity index is 0.000000322. The molecule has 0 aliphatic heterocycles. The lowest BCUT2D eigenvalue weighted by molar-refractivity contribution is -0.192. The van der Waals surface area contributed by atoms with Gasteiger partial charge in [0.05, 0.1) is 5.52 Å². The standard InChI is InChI=1S/C13H16N2O.C2HF3O2/c1-2-15-12-9-10(7-8-14)3-4-11(12)5-6-13(15)16;3-2(4,5)1(6)7/h3-6,9H,2,7-8,14H2,1H3;(H,6,7). The second-order valence-electron chi connectivity index (χ2n) is 4.65. The highest BCUT2D eigenvalue weighted by Gasteiger charge is 2.38. The number of carboxylic acid groups (broad SMARTS) is 1. The van der Waals surface area contributed by atoms with Gasteiger partial charge in [0.15, 0.2) is 0 Å². The zero-order valence-electron chi connectivity index (χ0n) is 12.4. The predicted octanol–water partition coefficient (Wildman–Crippen LogP) is 2.16. The maximum Gasteiger partial charge on any atom is 0.490 e. The molecule has 0 atom stereocenters. The van der Waals surface area contributed by atoms with E-state index in [1.807, 2.05) is 19.1 Å². The van der Waals surface area contributed by atoms with Crippen LogP contribution in [0.1, 0.15) is 12.5 Å². The van der Waals surface area contributed by atoms with Gasteiger partial charge in [0.2, 0.25) is 0 Å². The third-order valence-corrected chi connectivity index (χ3v) is 3.05. The lowest BCUT2D eigenvalue weighted by Crippen LogP contribution is -2.21. The molecule has 0 amide bonds. The Bertz CT molecular complexity index is 739. The largest absolute Gasteiger partial charge is 0.490 e. The van der Waals surface area contributed by atoms with Crippen LogP contribution in [0.5, 0.6) is 0 Å². The molecule has 8 heteroatoms. The Hall–Kier alpha value is -2.35. The summed E-state index contributed by atoms with van der Waals surface area (Å²) in [5, 5.41) is 8.22. The number of hydrogen-bond donors (Lipinski definition) is 2. The molecule has 1 aromatic carbocycles. The number of aryl methyl sites for hydroxylation is 1. The molecule has 0 saturated heterocycles. The van der Waals surface area contributed by atoms with Gasteiger partial charge in [-0.1, -0.05) is 12.1 Å². The van der Waals surface area contributed by atoms with Gasteiger partial charge in [0, 0.05) is 12.6 Å². The number of aliphatic carboxylic acids is 1. The molecule has 0 spiro atoms. The molecular formula is C15H17F3N2O3. The van der Waals surface area contributed by atoms with Gasteiger partial charge < -0.3 is 15.4 Å². The summed E-state index contributed by atoms with van der Waals surface area (Å²) in [6.45, 7) is 3.31. The van der Waals surface area contributed by atoms with Gasteiger partial charge in [-0.25, -0.2) is 4.79 Å². The number of pyridine rings is 1. The maximum atomic E-state index is 11.7. The third-order valence-electron chi connectivity index (χ3n) is 3.05. The monoisotopic (exact) mass is 330 g/mol. The van der Waals surface area contributed by atoms with E-state index in [9.17, 15) is 18.0 Å². The molecule has 3 N–H and O–H groups in total. The first-order valence-corrected chi connectivity index (χ1v) is 6.83. The van der Waals surface area contributed by atoms with E-state index < -0.39 is 12.1 Å². The fourth-order valence-electron chi connectivity index (χ4n) is 1.98. The summed E-state index contributed by atoms with van der Waals surface area (Å²) in [7, 11) is 0. The molecule has 0 saturated carbocycles. The van der Waals surface area contributed by atoms with Crippen molar-refractivity contribution in [3.05, 3.63) is 46.2 Å². The minimum absolute atomic E-state index is 0.0555. The highest BCUT2D eigenvalue weighted by molar-refractivity contribution is 5.79. The van der Waals surface area contributed by atoms with Crippen LogP contribution in [-0.4, -0.2) is 28.4 Å². The summed E-state index contributed by atoms with van der Waals surface area (Å²) in [5.41, 5.74) is 7.78. The Labute approximate surface area is 130 Å². The number of aromatic nitrogens is 1. The zero-order valence-corrected chi connectivity index (χ0v) is 12.4. The first-order valence-electron chi connectivity index (χ1n) is 6.83. The number of alkyl halides is 3. The Morgan fingerprint density at radius 3 is 2.30 bits per heavy atom. The molecule has 0 aliphatic rings. The summed E-state index contributed by atoms with van der Waals surface area (Å²) >= 11 is 0. The van der Waals surface area contributed by atoms with Crippen LogP contribution < -0.4 is 11.3 Å². The molecule has 0 aliphatic carbocycles. The molecule has 0 unspecified atom stereocenters. The van der Waals surface area contributed by atoms with Crippen LogP contribution in [0.3, 0.4) is 0 Å². The van der Waals surface area contributed by atoms with Crippen molar-refractivity contribution in [2.45, 2.75) is 26.1 Å². The van der Waals surface area contributed by atoms with E-state index in [1.165, 1.54) is 5.56 Å². The van der Waals surface area contributed by atoms with Gasteiger partial charge in [0.1, 0.15) is 0 Å². The van der Waals surface area contributed by atoms with Crippen molar-refractivity contribution in [3.63, 3.8) is 0 Å². The molecule has 1 aromatic heterocycles. The topological polar surface area (TPSA) is 85.3 Å². The maximum absolute atomic E-state index is 11.7. The molecule has 23 heavy (non-hydrogen) atoms. The number of rotatable bonds is 3. The van der Waals surface area contributed by atoms with Crippen LogP contribution in [0, 0.1) is 0 Å². The van der Waals surface area contributed by atoms with Gasteiger partial charge in [-0.15, -0.1) is 0 Å².